The number of unbranched alkanes of at least 4 members (excludes halogenated alkanes) is 45. The molecule has 2 aliphatic carbocycles. The predicted octanol–water partition coefficient (Wildman–Crippen LogP) is 22.8. The lowest BCUT2D eigenvalue weighted by Gasteiger charge is -2.17. The van der Waals surface area contributed by atoms with E-state index in [1.165, 1.54) is 288 Å². The number of carboxylic acid groups (broad SMARTS) is 1. The van der Waals surface area contributed by atoms with Gasteiger partial charge in [0.15, 0.2) is 22.3 Å². The van der Waals surface area contributed by atoms with Crippen LogP contribution in [0.1, 0.15) is 399 Å². The maximum absolute atomic E-state index is 12.1. The molecule has 4 atom stereocenters. The average Bonchev–Trinajstić information content (AvgIpc) is 1.64. The van der Waals surface area contributed by atoms with Crippen molar-refractivity contribution in [2.24, 2.45) is 11.8 Å². The predicted molar refractivity (Wildman–Crippen MR) is 457 cm³/mol. The lowest BCUT2D eigenvalue weighted by molar-refractivity contribution is -0.264. The second-order valence-electron chi connectivity index (χ2n) is 30.1. The van der Waals surface area contributed by atoms with Crippen LogP contribution < -0.4 is 22.6 Å². The SMILES string of the molecule is C=C(CCCCCCCCCC[C@@H]1CC[C@H](n2cnc3c(=O)[nH]c(N)nc32)C1=C)OOCCCCCCCCC.C=C1[C@H](CO)CC[C@@H]1n1cnc2c(=O)[nH]c(N)nc21.CCCCCCCCCCCCCCCCCCCC(=O)Cl.CCCCCCCCCCCCCCCCCCCC(=O)O.O.O.O=S(Cl)Cl. The van der Waals surface area contributed by atoms with Gasteiger partial charge >= 0.3 is 5.97 Å². The second kappa shape index (κ2) is 70.0. The Morgan fingerprint density at radius 1 is 0.495 bits per heavy atom. The number of hydrogen-bond donors (Lipinski definition) is 6. The van der Waals surface area contributed by atoms with Crippen molar-refractivity contribution in [3.8, 4) is 0 Å². The van der Waals surface area contributed by atoms with E-state index in [4.69, 9.17) is 42.2 Å². The summed E-state index contributed by atoms with van der Waals surface area (Å²) in [5.41, 5.74) is 14.5. The molecule has 21 nitrogen and oxygen atoms in total. The summed E-state index contributed by atoms with van der Waals surface area (Å²) >= 11 is 5.31. The molecule has 0 aliphatic heterocycles. The van der Waals surface area contributed by atoms with E-state index in [1.807, 2.05) is 9.13 Å². The normalized spacial score (nSPS) is 15.1. The molecule has 6 rings (SSSR count). The summed E-state index contributed by atoms with van der Waals surface area (Å²) in [6.07, 6.45) is 75.1. The number of nitrogens with one attached hydrogen (secondary N) is 2. The van der Waals surface area contributed by atoms with Crippen LogP contribution in [-0.2, 0) is 28.6 Å². The first-order valence-electron chi connectivity index (χ1n) is 42.4. The molecule has 25 heteroatoms. The molecule has 2 aliphatic rings. The summed E-state index contributed by atoms with van der Waals surface area (Å²) in [6, 6.07) is 0.151. The molecule has 630 valence electrons. The van der Waals surface area contributed by atoms with Crippen LogP contribution in [0.25, 0.3) is 22.3 Å². The van der Waals surface area contributed by atoms with Crippen LogP contribution in [0.2, 0.25) is 0 Å². The fraction of sp³-hybridized carbons (Fsp3) is 0.786. The highest BCUT2D eigenvalue weighted by Crippen LogP contribution is 2.43. The highest BCUT2D eigenvalue weighted by atomic mass is 36.0. The maximum atomic E-state index is 12.1. The van der Waals surface area contributed by atoms with Crippen LogP contribution in [0.4, 0.5) is 11.9 Å². The molecule has 2 saturated carbocycles. The number of aromatic nitrogens is 8. The number of aliphatic hydroxyl groups excluding tert-OH is 1. The zero-order chi connectivity index (χ0) is 78.3. The van der Waals surface area contributed by atoms with Crippen LogP contribution in [0.3, 0.4) is 0 Å². The number of aromatic amines is 2. The molecule has 4 heterocycles. The van der Waals surface area contributed by atoms with Gasteiger partial charge in [0.1, 0.15) is 5.76 Å². The number of aliphatic carboxylic acids is 1. The molecule has 12 N–H and O–H groups in total. The number of fused-ring (bicyclic) bond motifs is 2. The van der Waals surface area contributed by atoms with Crippen LogP contribution in [0, 0.1) is 11.8 Å². The summed E-state index contributed by atoms with van der Waals surface area (Å²) in [5, 5.41) is 17.6. The Balaban J connectivity index is 0.00000146. The van der Waals surface area contributed by atoms with Crippen molar-refractivity contribution in [1.82, 2.24) is 39.0 Å². The number of carboxylic acids is 1. The lowest BCUT2D eigenvalue weighted by Crippen LogP contribution is -2.14. The monoisotopic (exact) mass is 1610 g/mol. The number of halogens is 3. The van der Waals surface area contributed by atoms with E-state index >= 15 is 0 Å². The zero-order valence-electron chi connectivity index (χ0n) is 67.9. The van der Waals surface area contributed by atoms with Gasteiger partial charge in [-0.05, 0) is 80.9 Å². The lowest BCUT2D eigenvalue weighted by atomic mass is 9.95. The van der Waals surface area contributed by atoms with Gasteiger partial charge in [-0.25, -0.2) is 14.2 Å². The van der Waals surface area contributed by atoms with E-state index in [0.717, 1.165) is 82.0 Å². The van der Waals surface area contributed by atoms with Gasteiger partial charge in [0, 0.05) is 53.2 Å². The fourth-order valence-corrected chi connectivity index (χ4v) is 14.7. The quantitative estimate of drug-likeness (QED) is 0.00597. The van der Waals surface area contributed by atoms with E-state index in [0.29, 0.717) is 42.2 Å². The number of aliphatic hydroxyl groups is 1. The highest BCUT2D eigenvalue weighted by Gasteiger charge is 2.32. The van der Waals surface area contributed by atoms with Crippen LogP contribution >= 0.6 is 33.0 Å². The molecule has 0 radical (unpaired) electrons. The number of imidazole rings is 2. The first-order chi connectivity index (χ1) is 51.9. The zero-order valence-corrected chi connectivity index (χ0v) is 71.0. The van der Waals surface area contributed by atoms with E-state index in [2.05, 4.69) is 91.8 Å². The number of carbonyl (C=O) groups excluding carboxylic acids is 1. The smallest absolute Gasteiger partial charge is 0.303 e. The Morgan fingerprint density at radius 2 is 0.789 bits per heavy atom. The Labute approximate surface area is 672 Å². The molecular weight excluding hydrogens is 1460 g/mol. The topological polar surface area (TPSA) is 352 Å². The molecule has 4 aromatic heterocycles. The van der Waals surface area contributed by atoms with Gasteiger partial charge in [-0.1, -0.05) is 335 Å². The van der Waals surface area contributed by atoms with Gasteiger partial charge in [-0.3, -0.25) is 29.1 Å². The largest absolute Gasteiger partial charge is 0.481 e. The summed E-state index contributed by atoms with van der Waals surface area (Å²) in [5.74, 6) is 0.924. The van der Waals surface area contributed by atoms with Crippen molar-refractivity contribution in [2.75, 3.05) is 24.7 Å². The summed E-state index contributed by atoms with van der Waals surface area (Å²) in [4.78, 5) is 77.2. The number of allylic oxidation sites excluding steroid dienone is 2. The van der Waals surface area contributed by atoms with E-state index in [9.17, 15) is 24.3 Å². The van der Waals surface area contributed by atoms with E-state index < -0.39 is 15.2 Å². The molecule has 0 amide bonds. The number of hydrogen-bond acceptors (Lipinski definition) is 14. The van der Waals surface area contributed by atoms with Crippen molar-refractivity contribution < 1.29 is 44.7 Å². The molecule has 2 fully saturated rings. The minimum atomic E-state index is -1.67. The van der Waals surface area contributed by atoms with Crippen molar-refractivity contribution in [3.05, 3.63) is 70.0 Å². The molecule has 0 saturated heterocycles. The number of carbonyl (C=O) groups is 2. The Hall–Kier alpha value is -4.68. The number of H-pyrrole nitrogens is 2. The third kappa shape index (κ3) is 51.6. The van der Waals surface area contributed by atoms with Gasteiger partial charge in [-0.2, -0.15) is 14.9 Å². The molecule has 0 bridgehead atoms. The third-order valence-corrected chi connectivity index (χ3v) is 21.2. The first kappa shape index (κ1) is 104. The van der Waals surface area contributed by atoms with Crippen LogP contribution in [-0.4, -0.2) is 88.8 Å². The Bertz CT molecular complexity index is 3040. The summed E-state index contributed by atoms with van der Waals surface area (Å²) < 4.78 is 12.9. The molecular formula is C84H151Cl3N10O11S. The number of nitrogens with two attached hydrogens (primary N) is 2. The minimum absolute atomic E-state index is 0. The van der Waals surface area contributed by atoms with Gasteiger partial charge < -0.3 is 46.7 Å². The van der Waals surface area contributed by atoms with Gasteiger partial charge in [0.2, 0.25) is 26.4 Å². The molecule has 4 aromatic rings. The van der Waals surface area contributed by atoms with E-state index in [-0.39, 0.29) is 69.3 Å². The van der Waals surface area contributed by atoms with Gasteiger partial charge in [0.25, 0.3) is 11.1 Å². The third-order valence-electron chi connectivity index (χ3n) is 21.0. The Kier molecular flexibility index (Phi) is 67.0. The number of nitrogen functional groups attached to an aromatic ring is 2. The van der Waals surface area contributed by atoms with Crippen LogP contribution in [0.15, 0.2) is 58.9 Å². The first-order valence-corrected chi connectivity index (χ1v) is 45.6. The van der Waals surface area contributed by atoms with Gasteiger partial charge in [-0.15, -0.1) is 0 Å². The molecule has 0 unspecified atom stereocenters. The molecule has 0 spiro atoms. The second-order valence-corrected chi connectivity index (χ2v) is 33.1. The minimum Gasteiger partial charge on any atom is -0.481 e. The van der Waals surface area contributed by atoms with Crippen molar-refractivity contribution in [1.29, 1.82) is 0 Å². The molecule has 0 aromatic carbocycles. The van der Waals surface area contributed by atoms with Crippen molar-refractivity contribution in [2.45, 2.75) is 399 Å². The standard InChI is InChI=1S/C32H53N5O3.C20H39ClO.C20H40O2.C12H15N5O2.Cl2OS.2H2O/c1-4-5-6-7-12-15-18-23-39-40-25(2)19-16-13-10-8-9-11-14-17-20-27-21-22-28(26(27)3)37-24-34-29-30(37)35-32(33)36-31(29)38;2*1-2-3-4-5-6-7-8-9-10-11-12-13-14-15-16-17-18-19-20(21)22;1-6-7(4-18)2-3-8(6)17-5-14-9-10(17)15-12(13)16-11(9)19;1-4(2)3;;/h24,27-28H,2-23H2,1H3,(H3,33,35,36,38);2-19H2,1H3;2-19H2,1H3,(H,21,22);5,7-8,18H,1-4H2,(H3,13,15,16,19);;2*1H2/t27-,28+;;;7-,8-;;;/m1..0.../s1. The van der Waals surface area contributed by atoms with E-state index in [1.54, 1.807) is 12.7 Å². The number of nitrogens with zero attached hydrogens (tertiary/aromatic N) is 6. The highest BCUT2D eigenvalue weighted by molar-refractivity contribution is 8.26. The average molecular weight is 1620 g/mol. The summed E-state index contributed by atoms with van der Waals surface area (Å²) in [7, 11) is 7.36. The number of anilines is 2. The fourth-order valence-electron chi connectivity index (χ4n) is 14.6. The van der Waals surface area contributed by atoms with Crippen LogP contribution in [0.5, 0.6) is 0 Å². The summed E-state index contributed by atoms with van der Waals surface area (Å²) in [6.45, 7) is 20.0. The maximum Gasteiger partial charge on any atom is 0.303 e. The number of rotatable bonds is 60. The van der Waals surface area contributed by atoms with Crippen molar-refractivity contribution >= 4 is 87.6 Å². The van der Waals surface area contributed by atoms with Crippen molar-refractivity contribution in [3.63, 3.8) is 0 Å². The molecule has 109 heavy (non-hydrogen) atoms. The Morgan fingerprint density at radius 3 is 1.11 bits per heavy atom. The van der Waals surface area contributed by atoms with Gasteiger partial charge in [0.05, 0.1) is 31.3 Å².